The van der Waals surface area contributed by atoms with E-state index in [1.165, 1.54) is 42.0 Å². The van der Waals surface area contributed by atoms with Crippen molar-refractivity contribution >= 4 is 37.3 Å². The van der Waals surface area contributed by atoms with Crippen molar-refractivity contribution in [3.8, 4) is 5.75 Å². The molecule has 14 heteroatoms. The van der Waals surface area contributed by atoms with Gasteiger partial charge in [-0.3, -0.25) is 24.0 Å². The molecule has 2 aromatic rings. The molecule has 2 heterocycles. The number of hydroxylamine groups is 1. The number of hydrogen-bond donors (Lipinski definition) is 1. The third-order valence-corrected chi connectivity index (χ3v) is 7.06. The van der Waals surface area contributed by atoms with Gasteiger partial charge in [0.05, 0.1) is 34.2 Å². The van der Waals surface area contributed by atoms with Crippen LogP contribution in [0, 0.1) is 5.92 Å². The Balaban J connectivity index is 1.71. The van der Waals surface area contributed by atoms with Gasteiger partial charge in [0.1, 0.15) is 6.23 Å². The van der Waals surface area contributed by atoms with Gasteiger partial charge in [0.2, 0.25) is 0 Å². The molecule has 1 saturated heterocycles. The van der Waals surface area contributed by atoms with Gasteiger partial charge in [-0.1, -0.05) is 30.1 Å². The number of rotatable bonds is 10. The summed E-state index contributed by atoms with van der Waals surface area (Å²) in [5.41, 5.74) is -1.10. The monoisotopic (exact) mass is 548 g/mol. The Kier molecular flexibility index (Phi) is 9.46. The maximum atomic E-state index is 13.0. The summed E-state index contributed by atoms with van der Waals surface area (Å²) in [4.78, 5) is 44.6. The van der Waals surface area contributed by atoms with Crippen LogP contribution in [0.25, 0.3) is 0 Å². The molecule has 1 N–H and O–H groups in total. The van der Waals surface area contributed by atoms with Crippen LogP contribution in [0.2, 0.25) is 10.0 Å². The first kappa shape index (κ1) is 27.3. The minimum Gasteiger partial charge on any atom is -0.465 e. The molecule has 1 fully saturated rings. The summed E-state index contributed by atoms with van der Waals surface area (Å²) >= 11 is 11.9. The van der Waals surface area contributed by atoms with E-state index >= 15 is 0 Å². The molecule has 0 radical (unpaired) electrons. The van der Waals surface area contributed by atoms with Crippen LogP contribution in [-0.2, 0) is 23.7 Å². The van der Waals surface area contributed by atoms with Gasteiger partial charge in [0.25, 0.3) is 5.56 Å². The zero-order valence-electron chi connectivity index (χ0n) is 19.2. The van der Waals surface area contributed by atoms with Gasteiger partial charge < -0.3 is 9.47 Å². The fourth-order valence-corrected chi connectivity index (χ4v) is 4.67. The molecule has 1 aromatic carbocycles. The van der Waals surface area contributed by atoms with Crippen LogP contribution in [0.15, 0.2) is 40.1 Å². The second-order valence-corrected chi connectivity index (χ2v) is 9.68. The lowest BCUT2D eigenvalue weighted by atomic mass is 10.1. The smallest absolute Gasteiger partial charge is 0.465 e. The van der Waals surface area contributed by atoms with Crippen LogP contribution in [0.4, 0.5) is 0 Å². The summed E-state index contributed by atoms with van der Waals surface area (Å²) in [6.45, 7) is 5.03. The number of H-pyrrole nitrogens is 1. The van der Waals surface area contributed by atoms with E-state index in [0.717, 1.165) is 4.83 Å². The maximum Gasteiger partial charge on any atom is 0.693 e. The number of hydrogen-bond acceptors (Lipinski definition) is 8. The van der Waals surface area contributed by atoms with Gasteiger partial charge in [-0.15, -0.1) is 0 Å². The summed E-state index contributed by atoms with van der Waals surface area (Å²) in [7, 11) is -2.71. The number of halogens is 2. The molecule has 11 nitrogen and oxygen atoms in total. The largest absolute Gasteiger partial charge is 0.693 e. The van der Waals surface area contributed by atoms with Gasteiger partial charge in [-0.25, -0.2) is 9.32 Å². The SMILES string of the molecule is CCOC(=O)C(C)N(OC[C@H]1C[C@@H](C)[C@H](n2ccc(=O)[nH]c2=O)O1)[P+](=O)Oc1ccc(Cl)c(Cl)c1. The normalized spacial score (nSPS) is 21.1. The molecule has 1 aliphatic heterocycles. The molecule has 1 aromatic heterocycles. The molecule has 0 spiro atoms. The van der Waals surface area contributed by atoms with Crippen LogP contribution < -0.4 is 15.8 Å². The molecular formula is C21H25Cl2N3O8P+. The van der Waals surface area contributed by atoms with Gasteiger partial charge >= 0.3 is 19.8 Å². The highest BCUT2D eigenvalue weighted by molar-refractivity contribution is 7.36. The molecule has 0 saturated carbocycles. The summed E-state index contributed by atoms with van der Waals surface area (Å²) in [6, 6.07) is 4.50. The van der Waals surface area contributed by atoms with E-state index in [1.807, 2.05) is 6.92 Å². The van der Waals surface area contributed by atoms with Crippen molar-refractivity contribution in [2.24, 2.45) is 5.92 Å². The van der Waals surface area contributed by atoms with Crippen molar-refractivity contribution < 1.29 is 28.2 Å². The fourth-order valence-electron chi connectivity index (χ4n) is 3.47. The lowest BCUT2D eigenvalue weighted by Gasteiger charge is -2.19. The predicted molar refractivity (Wildman–Crippen MR) is 128 cm³/mol. The Morgan fingerprint density at radius 3 is 2.71 bits per heavy atom. The minimum absolute atomic E-state index is 0.0888. The molecule has 190 valence electrons. The Morgan fingerprint density at radius 2 is 2.06 bits per heavy atom. The van der Waals surface area contributed by atoms with Crippen LogP contribution in [0.3, 0.4) is 0 Å². The number of carbonyl (C=O) groups is 1. The average molecular weight is 549 g/mol. The molecule has 0 aliphatic carbocycles. The molecule has 2 unspecified atom stereocenters. The molecule has 0 bridgehead atoms. The summed E-state index contributed by atoms with van der Waals surface area (Å²) < 4.78 is 30.7. The van der Waals surface area contributed by atoms with E-state index in [9.17, 15) is 18.9 Å². The second-order valence-electron chi connectivity index (χ2n) is 7.81. The molecular weight excluding hydrogens is 524 g/mol. The molecule has 1 aliphatic rings. The predicted octanol–water partition coefficient (Wildman–Crippen LogP) is 3.69. The first-order valence-electron chi connectivity index (χ1n) is 10.8. The quantitative estimate of drug-likeness (QED) is 0.268. The number of ether oxygens (including phenoxy) is 2. The number of benzene rings is 1. The van der Waals surface area contributed by atoms with E-state index in [4.69, 9.17) is 42.0 Å². The standard InChI is InChI=1S/C21H24Cl2N3O8P/c1-4-31-20(28)13(3)26(35(30)34-14-5-6-16(22)17(23)10-14)32-11-15-9-12(2)19(33-15)25-8-7-18(27)24-21(25)29/h5-8,10,12-13,15,19H,4,9,11H2,1-3H3/p+1/t12-,13?,15-,19-/m1/s1. The number of nitrogens with zero attached hydrogens (tertiary/aromatic N) is 2. The number of aromatic amines is 1. The number of aromatic nitrogens is 2. The van der Waals surface area contributed by atoms with Crippen molar-refractivity contribution in [3.63, 3.8) is 0 Å². The van der Waals surface area contributed by atoms with Gasteiger partial charge in [-0.05, 0) is 32.4 Å². The lowest BCUT2D eigenvalue weighted by molar-refractivity contribution is -0.177. The summed E-state index contributed by atoms with van der Waals surface area (Å²) in [5, 5.41) is 0.501. The second kappa shape index (κ2) is 12.1. The number of esters is 1. The number of carbonyl (C=O) groups excluding carboxylic acids is 1. The highest BCUT2D eigenvalue weighted by Gasteiger charge is 2.44. The van der Waals surface area contributed by atoms with Gasteiger partial charge in [-0.2, -0.15) is 0 Å². The van der Waals surface area contributed by atoms with E-state index in [2.05, 4.69) is 4.98 Å². The van der Waals surface area contributed by atoms with Crippen LogP contribution >= 0.6 is 31.4 Å². The summed E-state index contributed by atoms with van der Waals surface area (Å²) in [5.74, 6) is -0.593. The first-order valence-corrected chi connectivity index (χ1v) is 12.6. The molecule has 35 heavy (non-hydrogen) atoms. The maximum absolute atomic E-state index is 13.0. The Labute approximate surface area is 211 Å². The Hall–Kier alpha value is -2.27. The van der Waals surface area contributed by atoms with Crippen molar-refractivity contribution in [1.82, 2.24) is 14.4 Å². The van der Waals surface area contributed by atoms with Gasteiger partial charge in [0.15, 0.2) is 11.8 Å². The van der Waals surface area contributed by atoms with Crippen LogP contribution in [0.1, 0.15) is 33.4 Å². The first-order chi connectivity index (χ1) is 16.6. The zero-order chi connectivity index (χ0) is 25.7. The lowest BCUT2D eigenvalue weighted by Crippen LogP contribution is -2.38. The topological polar surface area (TPSA) is 129 Å². The molecule has 3 rings (SSSR count). The highest BCUT2D eigenvalue weighted by Crippen LogP contribution is 2.38. The third-order valence-electron chi connectivity index (χ3n) is 5.17. The highest BCUT2D eigenvalue weighted by atomic mass is 35.5. The third kappa shape index (κ3) is 6.91. The summed E-state index contributed by atoms with van der Waals surface area (Å²) in [6.07, 6.45) is 0.731. The average Bonchev–Trinajstić information content (AvgIpc) is 3.16. The van der Waals surface area contributed by atoms with E-state index in [-0.39, 0.29) is 29.9 Å². The minimum atomic E-state index is -2.71. The van der Waals surface area contributed by atoms with E-state index in [0.29, 0.717) is 11.4 Å². The van der Waals surface area contributed by atoms with Crippen molar-refractivity contribution in [3.05, 3.63) is 61.3 Å². The van der Waals surface area contributed by atoms with Crippen molar-refractivity contribution in [2.45, 2.75) is 45.6 Å². The Bertz CT molecular complexity index is 1190. The Morgan fingerprint density at radius 1 is 1.31 bits per heavy atom. The molecule has 5 atom stereocenters. The number of nitrogens with one attached hydrogen (secondary N) is 1. The van der Waals surface area contributed by atoms with Crippen molar-refractivity contribution in [2.75, 3.05) is 13.2 Å². The van der Waals surface area contributed by atoms with Crippen LogP contribution in [0.5, 0.6) is 5.75 Å². The zero-order valence-corrected chi connectivity index (χ0v) is 21.6. The molecule has 0 amide bonds. The van der Waals surface area contributed by atoms with E-state index in [1.54, 1.807) is 6.92 Å². The van der Waals surface area contributed by atoms with Gasteiger partial charge in [0, 0.05) is 28.8 Å². The van der Waals surface area contributed by atoms with Crippen LogP contribution in [-0.4, -0.2) is 45.7 Å². The van der Waals surface area contributed by atoms with Crippen molar-refractivity contribution in [1.29, 1.82) is 0 Å². The fraction of sp³-hybridized carbons (Fsp3) is 0.476. The van der Waals surface area contributed by atoms with E-state index < -0.39 is 43.8 Å².